The Morgan fingerprint density at radius 3 is 2.06 bits per heavy atom. The third-order valence-corrected chi connectivity index (χ3v) is 3.37. The molecule has 0 saturated heterocycles. The van der Waals surface area contributed by atoms with E-state index in [2.05, 4.69) is 46.5 Å². The highest BCUT2D eigenvalue weighted by Gasteiger charge is 2.32. The molecule has 2 rings (SSSR count). The van der Waals surface area contributed by atoms with Gasteiger partial charge in [0, 0.05) is 22.1 Å². The second kappa shape index (κ2) is 3.79. The largest absolute Gasteiger partial charge is 0.491 e. The molecule has 96 valence electrons. The summed E-state index contributed by atoms with van der Waals surface area (Å²) >= 11 is 0. The molecule has 1 aliphatic heterocycles. The standard InChI is InChI=1S/C15H25NO/c1-14(2,3)12-10-8-7-9-17-11(10)13(16-12)15(4,5)6/h16H,7-9H2,1-6H3. The van der Waals surface area contributed by atoms with Crippen LogP contribution >= 0.6 is 0 Å². The van der Waals surface area contributed by atoms with Crippen LogP contribution in [-0.4, -0.2) is 11.6 Å². The third-order valence-electron chi connectivity index (χ3n) is 3.37. The molecule has 1 aliphatic rings. The molecule has 0 saturated carbocycles. The molecule has 0 aromatic carbocycles. The first-order valence-electron chi connectivity index (χ1n) is 6.60. The number of nitrogens with one attached hydrogen (secondary N) is 1. The lowest BCUT2D eigenvalue weighted by molar-refractivity contribution is 0.281. The van der Waals surface area contributed by atoms with Crippen molar-refractivity contribution in [1.82, 2.24) is 4.98 Å². The molecule has 2 heterocycles. The van der Waals surface area contributed by atoms with Gasteiger partial charge in [-0.2, -0.15) is 0 Å². The molecule has 0 unspecified atom stereocenters. The second-order valence-electron chi connectivity index (χ2n) is 7.13. The third kappa shape index (κ3) is 2.22. The zero-order valence-electron chi connectivity index (χ0n) is 12.0. The second-order valence-corrected chi connectivity index (χ2v) is 7.13. The summed E-state index contributed by atoms with van der Waals surface area (Å²) in [5.41, 5.74) is 4.31. The number of fused-ring (bicyclic) bond motifs is 1. The fraction of sp³-hybridized carbons (Fsp3) is 0.733. The van der Waals surface area contributed by atoms with Gasteiger partial charge in [0.25, 0.3) is 0 Å². The van der Waals surface area contributed by atoms with Crippen LogP contribution in [0.5, 0.6) is 5.75 Å². The summed E-state index contributed by atoms with van der Waals surface area (Å²) < 4.78 is 5.93. The molecule has 0 fully saturated rings. The van der Waals surface area contributed by atoms with Crippen LogP contribution in [0, 0.1) is 0 Å². The first kappa shape index (κ1) is 12.5. The normalized spacial score (nSPS) is 16.6. The van der Waals surface area contributed by atoms with Crippen LogP contribution in [0.4, 0.5) is 0 Å². The molecule has 0 radical (unpaired) electrons. The Morgan fingerprint density at radius 1 is 0.941 bits per heavy atom. The van der Waals surface area contributed by atoms with Gasteiger partial charge < -0.3 is 9.72 Å². The van der Waals surface area contributed by atoms with Crippen molar-refractivity contribution in [2.45, 2.75) is 65.2 Å². The number of aromatic nitrogens is 1. The fourth-order valence-electron chi connectivity index (χ4n) is 2.51. The van der Waals surface area contributed by atoms with Crippen molar-refractivity contribution in [1.29, 1.82) is 0 Å². The molecule has 0 aliphatic carbocycles. The number of ether oxygens (including phenoxy) is 1. The average Bonchev–Trinajstić information content (AvgIpc) is 2.55. The maximum absolute atomic E-state index is 5.93. The predicted octanol–water partition coefficient (Wildman–Crippen LogP) is 3.93. The first-order chi connectivity index (χ1) is 7.71. The Hall–Kier alpha value is -0.920. The van der Waals surface area contributed by atoms with Crippen molar-refractivity contribution >= 4 is 0 Å². The molecule has 0 amide bonds. The highest BCUT2D eigenvalue weighted by Crippen LogP contribution is 2.42. The maximum Gasteiger partial charge on any atom is 0.143 e. The summed E-state index contributed by atoms with van der Waals surface area (Å²) in [5.74, 6) is 1.13. The van der Waals surface area contributed by atoms with E-state index in [1.807, 2.05) is 0 Å². The van der Waals surface area contributed by atoms with E-state index in [1.165, 1.54) is 17.0 Å². The molecular formula is C15H25NO. The van der Waals surface area contributed by atoms with E-state index in [-0.39, 0.29) is 10.8 Å². The van der Waals surface area contributed by atoms with Gasteiger partial charge >= 0.3 is 0 Å². The quantitative estimate of drug-likeness (QED) is 0.724. The number of aromatic amines is 1. The summed E-state index contributed by atoms with van der Waals surface area (Å²) in [4.78, 5) is 3.65. The Labute approximate surface area is 105 Å². The fourth-order valence-corrected chi connectivity index (χ4v) is 2.51. The molecule has 17 heavy (non-hydrogen) atoms. The van der Waals surface area contributed by atoms with Crippen molar-refractivity contribution in [2.75, 3.05) is 6.61 Å². The van der Waals surface area contributed by atoms with E-state index in [1.54, 1.807) is 0 Å². The van der Waals surface area contributed by atoms with Gasteiger partial charge in [-0.1, -0.05) is 41.5 Å². The van der Waals surface area contributed by atoms with Crippen molar-refractivity contribution in [2.24, 2.45) is 0 Å². The van der Waals surface area contributed by atoms with Gasteiger partial charge in [-0.25, -0.2) is 0 Å². The maximum atomic E-state index is 5.93. The number of hydrogen-bond donors (Lipinski definition) is 1. The van der Waals surface area contributed by atoms with E-state index >= 15 is 0 Å². The lowest BCUT2D eigenvalue weighted by Crippen LogP contribution is -2.16. The Bertz CT molecular complexity index is 377. The van der Waals surface area contributed by atoms with E-state index in [9.17, 15) is 0 Å². The van der Waals surface area contributed by atoms with Crippen LogP contribution in [0.1, 0.15) is 64.9 Å². The monoisotopic (exact) mass is 235 g/mol. The van der Waals surface area contributed by atoms with E-state index < -0.39 is 0 Å². The van der Waals surface area contributed by atoms with Gasteiger partial charge in [-0.15, -0.1) is 0 Å². The summed E-state index contributed by atoms with van der Waals surface area (Å²) in [6, 6.07) is 0. The number of rotatable bonds is 0. The van der Waals surface area contributed by atoms with Crippen molar-refractivity contribution in [3.63, 3.8) is 0 Å². The molecular weight excluding hydrogens is 210 g/mol. The van der Waals surface area contributed by atoms with E-state index in [0.29, 0.717) is 0 Å². The molecule has 1 aromatic rings. The highest BCUT2D eigenvalue weighted by atomic mass is 16.5. The molecule has 2 nitrogen and oxygen atoms in total. The van der Waals surface area contributed by atoms with Gasteiger partial charge in [0.2, 0.25) is 0 Å². The zero-order valence-corrected chi connectivity index (χ0v) is 12.0. The predicted molar refractivity (Wildman–Crippen MR) is 72.0 cm³/mol. The van der Waals surface area contributed by atoms with Crippen molar-refractivity contribution in [3.05, 3.63) is 17.0 Å². The topological polar surface area (TPSA) is 25.0 Å². The first-order valence-corrected chi connectivity index (χ1v) is 6.60. The van der Waals surface area contributed by atoms with Crippen LogP contribution in [0.15, 0.2) is 0 Å². The summed E-state index contributed by atoms with van der Waals surface area (Å²) in [5, 5.41) is 0. The van der Waals surface area contributed by atoms with Crippen molar-refractivity contribution in [3.8, 4) is 5.75 Å². The Balaban J connectivity index is 2.60. The van der Waals surface area contributed by atoms with Crippen LogP contribution in [0.25, 0.3) is 0 Å². The van der Waals surface area contributed by atoms with Crippen LogP contribution < -0.4 is 4.74 Å². The van der Waals surface area contributed by atoms with Crippen LogP contribution in [0.3, 0.4) is 0 Å². The zero-order chi connectivity index (χ0) is 12.8. The minimum Gasteiger partial charge on any atom is -0.491 e. The number of hydrogen-bond acceptors (Lipinski definition) is 1. The van der Waals surface area contributed by atoms with E-state index in [4.69, 9.17) is 4.74 Å². The summed E-state index contributed by atoms with van der Waals surface area (Å²) in [7, 11) is 0. The van der Waals surface area contributed by atoms with Crippen LogP contribution in [-0.2, 0) is 17.3 Å². The van der Waals surface area contributed by atoms with Gasteiger partial charge in [0.15, 0.2) is 0 Å². The molecule has 0 spiro atoms. The minimum atomic E-state index is 0.116. The SMILES string of the molecule is CC(C)(C)c1[nH]c(C(C)(C)C)c2c1CCCO2. The molecule has 1 aromatic heterocycles. The molecule has 2 heteroatoms. The lowest BCUT2D eigenvalue weighted by atomic mass is 9.87. The van der Waals surface area contributed by atoms with Gasteiger partial charge in [-0.3, -0.25) is 0 Å². The van der Waals surface area contributed by atoms with Crippen molar-refractivity contribution < 1.29 is 4.74 Å². The molecule has 0 bridgehead atoms. The van der Waals surface area contributed by atoms with Gasteiger partial charge in [-0.05, 0) is 12.8 Å². The Morgan fingerprint density at radius 2 is 1.53 bits per heavy atom. The average molecular weight is 235 g/mol. The van der Waals surface area contributed by atoms with Gasteiger partial charge in [0.05, 0.1) is 12.3 Å². The summed E-state index contributed by atoms with van der Waals surface area (Å²) in [6.07, 6.45) is 2.28. The molecule has 0 atom stereocenters. The van der Waals surface area contributed by atoms with E-state index in [0.717, 1.165) is 25.2 Å². The smallest absolute Gasteiger partial charge is 0.143 e. The lowest BCUT2D eigenvalue weighted by Gasteiger charge is -2.22. The minimum absolute atomic E-state index is 0.116. The molecule has 1 N–H and O–H groups in total. The Kier molecular flexibility index (Phi) is 2.80. The summed E-state index contributed by atoms with van der Waals surface area (Å²) in [6.45, 7) is 14.4. The number of H-pyrrole nitrogens is 1. The highest BCUT2D eigenvalue weighted by molar-refractivity contribution is 5.49. The van der Waals surface area contributed by atoms with Gasteiger partial charge in [0.1, 0.15) is 5.75 Å². The van der Waals surface area contributed by atoms with Crippen LogP contribution in [0.2, 0.25) is 0 Å².